The Bertz CT molecular complexity index is 1060. The molecule has 0 unspecified atom stereocenters. The van der Waals surface area contributed by atoms with Crippen LogP contribution in [0.4, 0.5) is 4.39 Å². The highest BCUT2D eigenvalue weighted by molar-refractivity contribution is 6.00. The van der Waals surface area contributed by atoms with Crippen molar-refractivity contribution in [2.24, 2.45) is 5.92 Å². The van der Waals surface area contributed by atoms with Crippen LogP contribution >= 0.6 is 0 Å². The van der Waals surface area contributed by atoms with Crippen LogP contribution in [-0.2, 0) is 17.7 Å². The zero-order valence-corrected chi connectivity index (χ0v) is 16.8. The predicted octanol–water partition coefficient (Wildman–Crippen LogP) is 2.35. The average molecular weight is 414 g/mol. The Morgan fingerprint density at radius 3 is 2.63 bits per heavy atom. The van der Waals surface area contributed by atoms with Gasteiger partial charge in [-0.3, -0.25) is 14.4 Å². The number of aromatic nitrogens is 1. The van der Waals surface area contributed by atoms with Gasteiger partial charge in [-0.05, 0) is 30.0 Å². The normalized spacial score (nSPS) is 20.4. The Morgan fingerprint density at radius 1 is 1.27 bits per heavy atom. The number of hydrogen-bond acceptors (Lipinski definition) is 5. The van der Waals surface area contributed by atoms with Crippen molar-refractivity contribution in [3.63, 3.8) is 0 Å². The molecule has 7 nitrogen and oxygen atoms in total. The molecule has 158 valence electrons. The van der Waals surface area contributed by atoms with Crippen molar-refractivity contribution in [1.82, 2.24) is 9.47 Å². The molecule has 1 fully saturated rings. The molecule has 2 atom stereocenters. The van der Waals surface area contributed by atoms with Crippen molar-refractivity contribution in [2.75, 3.05) is 6.61 Å². The Kier molecular flexibility index (Phi) is 5.19. The zero-order chi connectivity index (χ0) is 21.6. The molecule has 30 heavy (non-hydrogen) atoms. The van der Waals surface area contributed by atoms with E-state index in [0.29, 0.717) is 13.0 Å². The fourth-order valence-electron chi connectivity index (χ4n) is 4.07. The van der Waals surface area contributed by atoms with Crippen molar-refractivity contribution in [2.45, 2.75) is 45.5 Å². The number of rotatable bonds is 5. The number of aromatic hydroxyl groups is 1. The topological polar surface area (TPSA) is 88.8 Å². The molecule has 3 heterocycles. The number of aryl methyl sites for hydroxylation is 1. The number of fused-ring (bicyclic) bond motifs is 2. The number of nitrogens with zero attached hydrogens (tertiary/aromatic N) is 2. The highest BCUT2D eigenvalue weighted by Gasteiger charge is 2.45. The van der Waals surface area contributed by atoms with Crippen LogP contribution in [0.15, 0.2) is 35.3 Å². The van der Waals surface area contributed by atoms with Crippen LogP contribution in [0.2, 0.25) is 0 Å². The molecule has 2 aliphatic heterocycles. The largest absolute Gasteiger partial charge is 0.503 e. The number of amides is 1. The van der Waals surface area contributed by atoms with E-state index >= 15 is 0 Å². The summed E-state index contributed by atoms with van der Waals surface area (Å²) in [5.41, 5.74) is -0.365. The average Bonchev–Trinajstić information content (AvgIpc) is 3.14. The van der Waals surface area contributed by atoms with Gasteiger partial charge in [0.1, 0.15) is 5.82 Å². The number of ether oxygens (including phenoxy) is 1. The van der Waals surface area contributed by atoms with Gasteiger partial charge in [-0.25, -0.2) is 4.39 Å². The fraction of sp³-hybridized carbons (Fsp3) is 0.409. The van der Waals surface area contributed by atoms with Gasteiger partial charge < -0.3 is 19.3 Å². The van der Waals surface area contributed by atoms with E-state index in [9.17, 15) is 23.9 Å². The molecule has 2 aliphatic rings. The SMILES string of the molecule is CC(C)[C@H]1CO[C@@H]2Cn3cc(C(=O)CCc4ccc(F)cc4)c(=O)c(O)c3C(=O)N12. The summed E-state index contributed by atoms with van der Waals surface area (Å²) in [5.74, 6) is -1.83. The van der Waals surface area contributed by atoms with Gasteiger partial charge in [0.2, 0.25) is 5.43 Å². The second-order valence-corrected chi connectivity index (χ2v) is 8.08. The third-order valence-corrected chi connectivity index (χ3v) is 5.80. The van der Waals surface area contributed by atoms with Crippen molar-refractivity contribution < 1.29 is 23.8 Å². The zero-order valence-electron chi connectivity index (χ0n) is 16.8. The molecule has 0 saturated carbocycles. The highest BCUT2D eigenvalue weighted by atomic mass is 19.1. The predicted molar refractivity (Wildman–Crippen MR) is 106 cm³/mol. The van der Waals surface area contributed by atoms with Crippen LogP contribution in [0.5, 0.6) is 5.75 Å². The monoisotopic (exact) mass is 414 g/mol. The number of carbonyl (C=O) groups is 2. The minimum atomic E-state index is -0.849. The molecule has 1 aromatic carbocycles. The second-order valence-electron chi connectivity index (χ2n) is 8.08. The lowest BCUT2D eigenvalue weighted by Gasteiger charge is -2.35. The first-order valence-electron chi connectivity index (χ1n) is 9.96. The number of pyridine rings is 1. The van der Waals surface area contributed by atoms with Crippen molar-refractivity contribution >= 4 is 11.7 Å². The molecule has 1 saturated heterocycles. The molecular formula is C22H23FN2O5. The maximum atomic E-state index is 13.0. The van der Waals surface area contributed by atoms with E-state index in [1.807, 2.05) is 13.8 Å². The molecule has 0 spiro atoms. The Hall–Kier alpha value is -3.00. The summed E-state index contributed by atoms with van der Waals surface area (Å²) < 4.78 is 20.2. The van der Waals surface area contributed by atoms with Crippen LogP contribution in [0.25, 0.3) is 0 Å². The number of hydrogen-bond donors (Lipinski definition) is 1. The second kappa shape index (κ2) is 7.68. The molecule has 2 aromatic rings. The summed E-state index contributed by atoms with van der Waals surface area (Å²) in [6, 6.07) is 5.64. The van der Waals surface area contributed by atoms with E-state index in [0.717, 1.165) is 5.56 Å². The lowest BCUT2D eigenvalue weighted by Crippen LogP contribution is -2.51. The van der Waals surface area contributed by atoms with Gasteiger partial charge >= 0.3 is 0 Å². The molecule has 0 bridgehead atoms. The lowest BCUT2D eigenvalue weighted by molar-refractivity contribution is 0.00429. The van der Waals surface area contributed by atoms with Crippen LogP contribution in [0, 0.1) is 11.7 Å². The van der Waals surface area contributed by atoms with E-state index in [-0.39, 0.29) is 42.0 Å². The van der Waals surface area contributed by atoms with Gasteiger partial charge in [-0.15, -0.1) is 0 Å². The van der Waals surface area contributed by atoms with Gasteiger partial charge in [0.15, 0.2) is 23.5 Å². The summed E-state index contributed by atoms with van der Waals surface area (Å²) in [4.78, 5) is 39.9. The van der Waals surface area contributed by atoms with E-state index in [2.05, 4.69) is 0 Å². The number of halogens is 1. The maximum Gasteiger partial charge on any atom is 0.276 e. The molecule has 8 heteroatoms. The van der Waals surface area contributed by atoms with E-state index in [1.54, 1.807) is 17.0 Å². The number of carbonyl (C=O) groups excluding carboxylic acids is 2. The number of ketones is 1. The first kappa shape index (κ1) is 20.3. The Morgan fingerprint density at radius 2 is 1.97 bits per heavy atom. The standard InChI is InChI=1S/C22H23FN2O5/c1-12(2)16-11-30-18-10-24-9-15(20(27)21(28)19(24)22(29)25(16)18)17(26)8-5-13-3-6-14(23)7-4-13/h3-4,6-7,9,12,16,18,28H,5,8,10-11H2,1-2H3/t16-,18-/m1/s1. The van der Waals surface area contributed by atoms with E-state index < -0.39 is 29.1 Å². The molecule has 0 radical (unpaired) electrons. The number of benzene rings is 1. The fourth-order valence-corrected chi connectivity index (χ4v) is 4.07. The molecule has 4 rings (SSSR count). The lowest BCUT2D eigenvalue weighted by atomic mass is 10.0. The van der Waals surface area contributed by atoms with Crippen LogP contribution < -0.4 is 5.43 Å². The smallest absolute Gasteiger partial charge is 0.276 e. The quantitative estimate of drug-likeness (QED) is 0.759. The minimum absolute atomic E-state index is 0.0229. The van der Waals surface area contributed by atoms with Crippen molar-refractivity contribution in [1.29, 1.82) is 0 Å². The van der Waals surface area contributed by atoms with Gasteiger partial charge in [0, 0.05) is 12.6 Å². The molecule has 1 amide bonds. The Labute approximate surface area is 172 Å². The molecule has 1 N–H and O–H groups in total. The van der Waals surface area contributed by atoms with Gasteiger partial charge in [0.05, 0.1) is 24.8 Å². The van der Waals surface area contributed by atoms with E-state index in [4.69, 9.17) is 4.74 Å². The summed E-state index contributed by atoms with van der Waals surface area (Å²) in [6.07, 6.45) is 1.19. The van der Waals surface area contributed by atoms with Crippen LogP contribution in [0.3, 0.4) is 0 Å². The first-order chi connectivity index (χ1) is 14.3. The van der Waals surface area contributed by atoms with Gasteiger partial charge in [0.25, 0.3) is 5.91 Å². The minimum Gasteiger partial charge on any atom is -0.503 e. The highest BCUT2D eigenvalue weighted by Crippen LogP contribution is 2.32. The molecular weight excluding hydrogens is 391 g/mol. The summed E-state index contributed by atoms with van der Waals surface area (Å²) >= 11 is 0. The van der Waals surface area contributed by atoms with E-state index in [1.165, 1.54) is 22.9 Å². The third kappa shape index (κ3) is 3.41. The summed E-state index contributed by atoms with van der Waals surface area (Å²) in [6.45, 7) is 4.58. The van der Waals surface area contributed by atoms with Crippen LogP contribution in [0.1, 0.15) is 46.7 Å². The molecule has 1 aromatic heterocycles. The van der Waals surface area contributed by atoms with Gasteiger partial charge in [-0.1, -0.05) is 26.0 Å². The number of Topliss-reactive ketones (excluding diaryl/α,β-unsaturated/α-hetero) is 1. The summed E-state index contributed by atoms with van der Waals surface area (Å²) in [7, 11) is 0. The first-order valence-corrected chi connectivity index (χ1v) is 9.96. The van der Waals surface area contributed by atoms with Crippen molar-refractivity contribution in [3.05, 3.63) is 63.3 Å². The van der Waals surface area contributed by atoms with Gasteiger partial charge in [-0.2, -0.15) is 0 Å². The summed E-state index contributed by atoms with van der Waals surface area (Å²) in [5, 5.41) is 10.5. The van der Waals surface area contributed by atoms with Crippen LogP contribution in [-0.4, -0.2) is 45.1 Å². The molecule has 0 aliphatic carbocycles. The maximum absolute atomic E-state index is 13.0. The Balaban J connectivity index is 1.61. The third-order valence-electron chi connectivity index (χ3n) is 5.80. The van der Waals surface area contributed by atoms with Crippen molar-refractivity contribution in [3.8, 4) is 5.75 Å².